The number of benzene rings is 1. The average molecular weight is 287 g/mol. The van der Waals surface area contributed by atoms with Gasteiger partial charge in [-0.3, -0.25) is 0 Å². The van der Waals surface area contributed by atoms with Gasteiger partial charge in [-0.15, -0.1) is 0 Å². The highest BCUT2D eigenvalue weighted by atomic mass is 32.2. The molecule has 3 nitrogen and oxygen atoms in total. The van der Waals surface area contributed by atoms with E-state index in [0.717, 1.165) is 11.4 Å². The Kier molecular flexibility index (Phi) is 4.49. The first-order valence-corrected chi connectivity index (χ1v) is 6.38. The number of aromatic nitrogens is 2. The van der Waals surface area contributed by atoms with E-state index >= 15 is 0 Å². The Bertz CT molecular complexity index is 494. The zero-order valence-corrected chi connectivity index (χ0v) is 10.7. The number of nitrogens with zero attached hydrogens (tertiary/aromatic N) is 1. The minimum atomic E-state index is -4.24. The number of aromatic amines is 1. The van der Waals surface area contributed by atoms with Gasteiger partial charge in [-0.2, -0.15) is 13.2 Å². The van der Waals surface area contributed by atoms with Crippen molar-refractivity contribution in [2.45, 2.75) is 23.5 Å². The third-order valence-electron chi connectivity index (χ3n) is 2.33. The zero-order chi connectivity index (χ0) is 13.7. The summed E-state index contributed by atoms with van der Waals surface area (Å²) in [5.41, 5.74) is -3.31. The van der Waals surface area contributed by atoms with Crippen molar-refractivity contribution in [3.8, 4) is 0 Å². The first-order valence-electron chi connectivity index (χ1n) is 5.56. The summed E-state index contributed by atoms with van der Waals surface area (Å²) in [7, 11) is 0. The highest BCUT2D eigenvalue weighted by Gasteiger charge is 2.28. The first-order chi connectivity index (χ1) is 9.03. The Balaban J connectivity index is 1.81. The zero-order valence-electron chi connectivity index (χ0n) is 9.87. The molecule has 0 aliphatic rings. The molecule has 1 aromatic heterocycles. The standard InChI is InChI=1S/C12H12F3N3S/c13-12(14,15)19-10-3-1-9(2-4-10)7-16-8-11-17-5-6-18-11/h1-6,16H,7-8H2,(H,17,18). The van der Waals surface area contributed by atoms with Crippen LogP contribution in [0.15, 0.2) is 41.6 Å². The van der Waals surface area contributed by atoms with E-state index in [9.17, 15) is 13.2 Å². The van der Waals surface area contributed by atoms with Crippen LogP contribution in [0, 0.1) is 0 Å². The van der Waals surface area contributed by atoms with Crippen molar-refractivity contribution < 1.29 is 13.2 Å². The maximum atomic E-state index is 12.1. The molecule has 0 aliphatic carbocycles. The van der Waals surface area contributed by atoms with Gasteiger partial charge in [0, 0.05) is 23.8 Å². The predicted octanol–water partition coefficient (Wildman–Crippen LogP) is 3.31. The molecule has 0 radical (unpaired) electrons. The van der Waals surface area contributed by atoms with E-state index in [1.165, 1.54) is 12.1 Å². The van der Waals surface area contributed by atoms with Crippen molar-refractivity contribution in [2.75, 3.05) is 0 Å². The fraction of sp³-hybridized carbons (Fsp3) is 0.250. The second kappa shape index (κ2) is 6.12. The van der Waals surface area contributed by atoms with Crippen LogP contribution in [-0.4, -0.2) is 15.5 Å². The summed E-state index contributed by atoms with van der Waals surface area (Å²) < 4.78 is 36.4. The number of rotatable bonds is 5. The Morgan fingerprint density at radius 1 is 1.16 bits per heavy atom. The van der Waals surface area contributed by atoms with Crippen LogP contribution in [0.25, 0.3) is 0 Å². The van der Waals surface area contributed by atoms with Gasteiger partial charge in [-0.25, -0.2) is 4.98 Å². The molecule has 1 aromatic carbocycles. The summed E-state index contributed by atoms with van der Waals surface area (Å²) in [5.74, 6) is 0.823. The average Bonchev–Trinajstić information content (AvgIpc) is 2.82. The van der Waals surface area contributed by atoms with Crippen LogP contribution in [0.1, 0.15) is 11.4 Å². The number of H-pyrrole nitrogens is 1. The summed E-state index contributed by atoms with van der Waals surface area (Å²) in [6.07, 6.45) is 3.40. The number of hydrogen-bond donors (Lipinski definition) is 2. The third kappa shape index (κ3) is 4.96. The molecule has 0 aliphatic heterocycles. The van der Waals surface area contributed by atoms with Gasteiger partial charge >= 0.3 is 5.51 Å². The largest absolute Gasteiger partial charge is 0.446 e. The van der Waals surface area contributed by atoms with Crippen molar-refractivity contribution in [2.24, 2.45) is 0 Å². The number of imidazole rings is 1. The topological polar surface area (TPSA) is 40.7 Å². The van der Waals surface area contributed by atoms with Crippen LogP contribution in [0.2, 0.25) is 0 Å². The minimum Gasteiger partial charge on any atom is -0.348 e. The maximum absolute atomic E-state index is 12.1. The second-order valence-electron chi connectivity index (χ2n) is 3.83. The van der Waals surface area contributed by atoms with Crippen molar-refractivity contribution >= 4 is 11.8 Å². The lowest BCUT2D eigenvalue weighted by Crippen LogP contribution is -2.13. The van der Waals surface area contributed by atoms with Gasteiger partial charge < -0.3 is 10.3 Å². The third-order valence-corrected chi connectivity index (χ3v) is 3.07. The van der Waals surface area contributed by atoms with Crippen LogP contribution in [-0.2, 0) is 13.1 Å². The Hall–Kier alpha value is -1.47. The summed E-state index contributed by atoms with van der Waals surface area (Å²) in [6, 6.07) is 6.32. The van der Waals surface area contributed by atoms with E-state index in [1.807, 2.05) is 0 Å². The summed E-state index contributed by atoms with van der Waals surface area (Å²) >= 11 is -0.104. The number of thioether (sulfide) groups is 1. The molecule has 1 heterocycles. The monoisotopic (exact) mass is 287 g/mol. The van der Waals surface area contributed by atoms with Gasteiger partial charge in [0.25, 0.3) is 0 Å². The van der Waals surface area contributed by atoms with Crippen LogP contribution >= 0.6 is 11.8 Å². The molecule has 0 bridgehead atoms. The van der Waals surface area contributed by atoms with E-state index in [1.54, 1.807) is 24.5 Å². The van der Waals surface area contributed by atoms with Crippen LogP contribution < -0.4 is 5.32 Å². The lowest BCUT2D eigenvalue weighted by atomic mass is 10.2. The molecule has 0 saturated carbocycles. The lowest BCUT2D eigenvalue weighted by Gasteiger charge is -2.07. The lowest BCUT2D eigenvalue weighted by molar-refractivity contribution is -0.0328. The van der Waals surface area contributed by atoms with Gasteiger partial charge in [0.2, 0.25) is 0 Å². The van der Waals surface area contributed by atoms with Gasteiger partial charge in [0.1, 0.15) is 5.82 Å². The minimum absolute atomic E-state index is 0.104. The van der Waals surface area contributed by atoms with Crippen LogP contribution in [0.3, 0.4) is 0 Å². The van der Waals surface area contributed by atoms with Crippen LogP contribution in [0.5, 0.6) is 0 Å². The van der Waals surface area contributed by atoms with Gasteiger partial charge in [-0.1, -0.05) is 12.1 Å². The van der Waals surface area contributed by atoms with Gasteiger partial charge in [0.15, 0.2) is 0 Å². The molecule has 0 amide bonds. The van der Waals surface area contributed by atoms with Crippen molar-refractivity contribution in [3.05, 3.63) is 48.0 Å². The fourth-order valence-corrected chi connectivity index (χ4v) is 2.07. The molecule has 0 unspecified atom stereocenters. The maximum Gasteiger partial charge on any atom is 0.446 e. The summed E-state index contributed by atoms with van der Waals surface area (Å²) in [4.78, 5) is 7.21. The Labute approximate surface area is 112 Å². The Morgan fingerprint density at radius 3 is 2.47 bits per heavy atom. The quantitative estimate of drug-likeness (QED) is 0.829. The molecule has 102 valence electrons. The molecule has 7 heteroatoms. The number of hydrogen-bond acceptors (Lipinski definition) is 3. The SMILES string of the molecule is FC(F)(F)Sc1ccc(CNCc2ncc[nH]2)cc1. The molecular weight excluding hydrogens is 275 g/mol. The van der Waals surface area contributed by atoms with E-state index in [-0.39, 0.29) is 16.7 Å². The highest BCUT2D eigenvalue weighted by Crippen LogP contribution is 2.36. The smallest absolute Gasteiger partial charge is 0.348 e. The number of nitrogens with one attached hydrogen (secondary N) is 2. The molecule has 2 rings (SSSR count). The second-order valence-corrected chi connectivity index (χ2v) is 4.97. The van der Waals surface area contributed by atoms with Gasteiger partial charge in [-0.05, 0) is 29.5 Å². The molecule has 0 atom stereocenters. The van der Waals surface area contributed by atoms with E-state index in [0.29, 0.717) is 13.1 Å². The van der Waals surface area contributed by atoms with E-state index in [2.05, 4.69) is 15.3 Å². The molecule has 0 saturated heterocycles. The van der Waals surface area contributed by atoms with Gasteiger partial charge in [0.05, 0.1) is 6.54 Å². The molecule has 2 N–H and O–H groups in total. The van der Waals surface area contributed by atoms with E-state index in [4.69, 9.17) is 0 Å². The number of halogens is 3. The predicted molar refractivity (Wildman–Crippen MR) is 67.5 cm³/mol. The van der Waals surface area contributed by atoms with Crippen LogP contribution in [0.4, 0.5) is 13.2 Å². The summed E-state index contributed by atoms with van der Waals surface area (Å²) in [5, 5.41) is 3.15. The van der Waals surface area contributed by atoms with Crippen molar-refractivity contribution in [1.82, 2.24) is 15.3 Å². The number of alkyl halides is 3. The molecular formula is C12H12F3N3S. The normalized spacial score (nSPS) is 11.7. The van der Waals surface area contributed by atoms with Crippen molar-refractivity contribution in [3.63, 3.8) is 0 Å². The molecule has 0 fully saturated rings. The molecule has 2 aromatic rings. The first kappa shape index (κ1) is 14.0. The highest BCUT2D eigenvalue weighted by molar-refractivity contribution is 8.00. The Morgan fingerprint density at radius 2 is 1.89 bits per heavy atom. The molecule has 0 spiro atoms. The summed E-state index contributed by atoms with van der Waals surface area (Å²) in [6.45, 7) is 1.17. The van der Waals surface area contributed by atoms with Crippen molar-refractivity contribution in [1.29, 1.82) is 0 Å². The fourth-order valence-electron chi connectivity index (χ4n) is 1.53. The van der Waals surface area contributed by atoms with E-state index < -0.39 is 5.51 Å². The molecule has 19 heavy (non-hydrogen) atoms.